The van der Waals surface area contributed by atoms with Crippen LogP contribution in [0.5, 0.6) is 0 Å². The second-order valence-corrected chi connectivity index (χ2v) is 16.8. The van der Waals surface area contributed by atoms with Gasteiger partial charge in [0.2, 0.25) is 0 Å². The average Bonchev–Trinajstić information content (AvgIpc) is 3.46. The number of ether oxygens (including phenoxy) is 4. The van der Waals surface area contributed by atoms with Gasteiger partial charge in [0.1, 0.15) is 6.10 Å². The van der Waals surface area contributed by atoms with E-state index in [0.717, 1.165) is 31.6 Å². The highest BCUT2D eigenvalue weighted by molar-refractivity contribution is 5.68. The van der Waals surface area contributed by atoms with Gasteiger partial charge in [0, 0.05) is 12.3 Å². The first kappa shape index (κ1) is 29.3. The molecule has 7 fully saturated rings. The number of nitrogens with one attached hydrogen (secondary N) is 1. The second kappa shape index (κ2) is 9.56. The molecule has 5 saturated carbocycles. The summed E-state index contributed by atoms with van der Waals surface area (Å²) in [6.07, 6.45) is 10.5. The zero-order valence-electron chi connectivity index (χ0n) is 26.6. The molecule has 11 atom stereocenters. The number of amides is 1. The lowest BCUT2D eigenvalue weighted by Gasteiger charge is -2.59. The van der Waals surface area contributed by atoms with Crippen LogP contribution >= 0.6 is 0 Å². The number of hydrogen-bond donors (Lipinski definition) is 2. The van der Waals surface area contributed by atoms with Crippen molar-refractivity contribution in [3.63, 3.8) is 0 Å². The summed E-state index contributed by atoms with van der Waals surface area (Å²) in [6.45, 7) is 13.3. The Balaban J connectivity index is 1.07. The molecule has 7 rings (SSSR count). The van der Waals surface area contributed by atoms with Crippen molar-refractivity contribution in [2.24, 2.45) is 45.3 Å². The van der Waals surface area contributed by atoms with Crippen molar-refractivity contribution >= 4 is 12.1 Å². The first-order valence-electron chi connectivity index (χ1n) is 16.8. The lowest BCUT2D eigenvalue weighted by molar-refractivity contribution is -0.200. The maximum Gasteiger partial charge on any atom is 0.407 e. The fourth-order valence-electron chi connectivity index (χ4n) is 12.2. The van der Waals surface area contributed by atoms with Crippen LogP contribution in [0, 0.1) is 45.3 Å². The van der Waals surface area contributed by atoms with Gasteiger partial charge in [-0.1, -0.05) is 20.8 Å². The van der Waals surface area contributed by atoms with Crippen LogP contribution < -0.4 is 5.32 Å². The minimum absolute atomic E-state index is 0.0380. The molecule has 0 bridgehead atoms. The van der Waals surface area contributed by atoms with Crippen LogP contribution in [0.1, 0.15) is 106 Å². The molecular formula is C34H53NO7. The monoisotopic (exact) mass is 587 g/mol. The molecule has 8 unspecified atom stereocenters. The Bertz CT molecular complexity index is 1110. The normalized spacial score (nSPS) is 47.7. The Kier molecular flexibility index (Phi) is 6.68. The summed E-state index contributed by atoms with van der Waals surface area (Å²) >= 11 is 0. The van der Waals surface area contributed by atoms with Crippen LogP contribution in [0.2, 0.25) is 0 Å². The quantitative estimate of drug-likeness (QED) is 0.416. The number of carbonyl (C=O) groups excluding carboxylic acids is 2. The van der Waals surface area contributed by atoms with E-state index in [0.29, 0.717) is 41.8 Å². The fourth-order valence-corrected chi connectivity index (χ4v) is 12.2. The van der Waals surface area contributed by atoms with E-state index in [1.807, 2.05) is 0 Å². The van der Waals surface area contributed by atoms with Gasteiger partial charge >= 0.3 is 12.1 Å². The van der Waals surface area contributed by atoms with Gasteiger partial charge in [0.15, 0.2) is 6.10 Å². The van der Waals surface area contributed by atoms with Crippen molar-refractivity contribution < 1.29 is 33.6 Å². The van der Waals surface area contributed by atoms with Crippen molar-refractivity contribution in [2.75, 3.05) is 13.2 Å². The van der Waals surface area contributed by atoms with Crippen molar-refractivity contribution in [1.82, 2.24) is 5.32 Å². The minimum Gasteiger partial charge on any atom is -0.457 e. The van der Waals surface area contributed by atoms with E-state index < -0.39 is 11.7 Å². The van der Waals surface area contributed by atoms with Gasteiger partial charge < -0.3 is 29.4 Å². The SMILES string of the molecule is CC(=O)O[C@@H](C1CCC2C(CC3C4CCC5C(C)(C)[C@@H](OC(=O)NC6COC6)CCC56C[C@@]46CCC23C)O1)C(C)(C)O. The van der Waals surface area contributed by atoms with E-state index in [-0.39, 0.29) is 47.2 Å². The topological polar surface area (TPSA) is 103 Å². The number of fused-ring (bicyclic) bond motifs is 4. The summed E-state index contributed by atoms with van der Waals surface area (Å²) in [4.78, 5) is 24.6. The van der Waals surface area contributed by atoms with Crippen LogP contribution in [0.15, 0.2) is 0 Å². The number of carbonyl (C=O) groups is 2. The molecule has 5 aliphatic carbocycles. The fraction of sp³-hybridized carbons (Fsp3) is 0.941. The number of esters is 1. The first-order chi connectivity index (χ1) is 19.7. The highest BCUT2D eigenvalue weighted by atomic mass is 16.6. The van der Waals surface area contributed by atoms with E-state index in [1.165, 1.54) is 45.4 Å². The van der Waals surface area contributed by atoms with Crippen molar-refractivity contribution in [3.8, 4) is 0 Å². The summed E-state index contributed by atoms with van der Waals surface area (Å²) in [5.74, 6) is 2.14. The maximum atomic E-state index is 12.7. The largest absolute Gasteiger partial charge is 0.457 e. The molecule has 2 aliphatic heterocycles. The van der Waals surface area contributed by atoms with Crippen LogP contribution in [0.25, 0.3) is 0 Å². The van der Waals surface area contributed by atoms with E-state index in [2.05, 4.69) is 26.1 Å². The molecule has 0 aromatic heterocycles. The van der Waals surface area contributed by atoms with Gasteiger partial charge in [-0.15, -0.1) is 0 Å². The molecule has 2 spiro atoms. The Labute approximate surface area is 251 Å². The first-order valence-corrected chi connectivity index (χ1v) is 16.8. The van der Waals surface area contributed by atoms with E-state index in [1.54, 1.807) is 13.8 Å². The molecule has 42 heavy (non-hydrogen) atoms. The third-order valence-electron chi connectivity index (χ3n) is 14.1. The maximum absolute atomic E-state index is 12.7. The predicted octanol–water partition coefficient (Wildman–Crippen LogP) is 5.39. The Morgan fingerprint density at radius 1 is 0.952 bits per heavy atom. The molecule has 8 heteroatoms. The van der Waals surface area contributed by atoms with Crippen molar-refractivity contribution in [3.05, 3.63) is 0 Å². The predicted molar refractivity (Wildman–Crippen MR) is 155 cm³/mol. The van der Waals surface area contributed by atoms with E-state index in [9.17, 15) is 14.7 Å². The minimum atomic E-state index is -1.15. The van der Waals surface area contributed by atoms with Crippen molar-refractivity contribution in [2.45, 2.75) is 142 Å². The molecule has 1 amide bonds. The van der Waals surface area contributed by atoms with Gasteiger partial charge in [-0.05, 0) is 118 Å². The lowest BCUT2D eigenvalue weighted by Crippen LogP contribution is -2.56. The third kappa shape index (κ3) is 4.16. The number of alkyl carbamates (subject to hydrolysis) is 1. The highest BCUT2D eigenvalue weighted by Gasteiger charge is 2.81. The van der Waals surface area contributed by atoms with E-state index in [4.69, 9.17) is 18.9 Å². The molecule has 7 aliphatic rings. The molecule has 0 radical (unpaired) electrons. The molecule has 236 valence electrons. The van der Waals surface area contributed by atoms with Crippen LogP contribution in [0.3, 0.4) is 0 Å². The lowest BCUT2D eigenvalue weighted by atomic mass is 9.46. The summed E-state index contributed by atoms with van der Waals surface area (Å²) in [5.41, 5.74) is -0.0921. The Hall–Kier alpha value is -1.38. The summed E-state index contributed by atoms with van der Waals surface area (Å²) < 4.78 is 23.8. The second-order valence-electron chi connectivity index (χ2n) is 16.8. The molecule has 2 saturated heterocycles. The Morgan fingerprint density at radius 3 is 2.36 bits per heavy atom. The van der Waals surface area contributed by atoms with Crippen LogP contribution in [-0.4, -0.2) is 66.4 Å². The Morgan fingerprint density at radius 2 is 1.69 bits per heavy atom. The van der Waals surface area contributed by atoms with Crippen LogP contribution in [-0.2, 0) is 23.7 Å². The smallest absolute Gasteiger partial charge is 0.407 e. The molecule has 2 heterocycles. The number of hydrogen-bond acceptors (Lipinski definition) is 7. The zero-order valence-corrected chi connectivity index (χ0v) is 26.6. The van der Waals surface area contributed by atoms with Gasteiger partial charge in [-0.3, -0.25) is 4.79 Å². The molecule has 0 aromatic rings. The summed E-state index contributed by atoms with van der Waals surface area (Å²) in [6, 6.07) is 0.0891. The van der Waals surface area contributed by atoms with Gasteiger partial charge in [-0.25, -0.2) is 4.79 Å². The van der Waals surface area contributed by atoms with Gasteiger partial charge in [0.25, 0.3) is 0 Å². The van der Waals surface area contributed by atoms with Gasteiger partial charge in [-0.2, -0.15) is 0 Å². The third-order valence-corrected chi connectivity index (χ3v) is 14.1. The molecular weight excluding hydrogens is 534 g/mol. The van der Waals surface area contributed by atoms with Gasteiger partial charge in [0.05, 0.1) is 37.1 Å². The van der Waals surface area contributed by atoms with Crippen molar-refractivity contribution in [1.29, 1.82) is 0 Å². The standard InChI is InChI=1S/C34H53NO7/c1-19(36)40-28(31(4,5)38)24-9-7-22-25(41-24)15-23-21-8-10-26-30(2,3)27(42-29(37)35-20-16-39-17-20)11-12-34(26)18-33(21,34)14-13-32(22,23)6/h20-28,38H,7-18H2,1-6H3,(H,35,37)/t21?,22?,23?,24?,25?,26?,27-,28-,32?,33-,34?/m0/s1. The molecule has 2 N–H and O–H groups in total. The summed E-state index contributed by atoms with van der Waals surface area (Å²) in [7, 11) is 0. The number of rotatable bonds is 5. The molecule has 0 aromatic carbocycles. The zero-order chi connectivity index (χ0) is 29.9. The average molecular weight is 588 g/mol. The van der Waals surface area contributed by atoms with E-state index >= 15 is 0 Å². The summed E-state index contributed by atoms with van der Waals surface area (Å²) in [5, 5.41) is 13.8. The highest BCUT2D eigenvalue weighted by Crippen LogP contribution is 2.87. The number of aliphatic hydroxyl groups is 1. The molecule has 8 nitrogen and oxygen atoms in total. The van der Waals surface area contributed by atoms with Crippen LogP contribution in [0.4, 0.5) is 4.79 Å².